The van der Waals surface area contributed by atoms with Crippen molar-refractivity contribution in [2.75, 3.05) is 0 Å². The van der Waals surface area contributed by atoms with Crippen molar-refractivity contribution in [3.8, 4) is 0 Å². The largest absolute Gasteiger partial charge is 0.265 e. The van der Waals surface area contributed by atoms with Crippen LogP contribution >= 0.6 is 15.9 Å². The SMILES string of the molecule is Cc1cc(C)n(Cc2cccc(CNS(=O)(=O)c3ccc(Br)c(C)c3)c2)n1. The lowest BCUT2D eigenvalue weighted by Gasteiger charge is -2.10. The molecule has 0 fully saturated rings. The summed E-state index contributed by atoms with van der Waals surface area (Å²) in [6.07, 6.45) is 0. The minimum Gasteiger partial charge on any atom is -0.265 e. The average Bonchev–Trinajstić information content (AvgIpc) is 2.93. The van der Waals surface area contributed by atoms with Crippen molar-refractivity contribution < 1.29 is 8.42 Å². The first-order valence-electron chi connectivity index (χ1n) is 8.59. The van der Waals surface area contributed by atoms with Crippen molar-refractivity contribution >= 4 is 26.0 Å². The predicted molar refractivity (Wildman–Crippen MR) is 110 cm³/mol. The maximum Gasteiger partial charge on any atom is 0.240 e. The Balaban J connectivity index is 1.72. The fourth-order valence-electron chi connectivity index (χ4n) is 2.89. The number of aromatic nitrogens is 2. The van der Waals surface area contributed by atoms with Crippen LogP contribution in [0.4, 0.5) is 0 Å². The Morgan fingerprint density at radius 1 is 1.04 bits per heavy atom. The molecule has 0 bridgehead atoms. The van der Waals surface area contributed by atoms with Crippen molar-refractivity contribution in [2.24, 2.45) is 0 Å². The van der Waals surface area contributed by atoms with Gasteiger partial charge in [-0.1, -0.05) is 40.2 Å². The summed E-state index contributed by atoms with van der Waals surface area (Å²) in [5.74, 6) is 0. The Bertz CT molecular complexity index is 1070. The first kappa shape index (κ1) is 19.8. The van der Waals surface area contributed by atoms with E-state index in [1.165, 1.54) is 0 Å². The summed E-state index contributed by atoms with van der Waals surface area (Å²) < 4.78 is 30.6. The van der Waals surface area contributed by atoms with Gasteiger partial charge in [-0.3, -0.25) is 4.68 Å². The lowest BCUT2D eigenvalue weighted by molar-refractivity contribution is 0.581. The molecule has 0 spiro atoms. The molecule has 0 unspecified atom stereocenters. The maximum atomic E-state index is 12.6. The zero-order valence-electron chi connectivity index (χ0n) is 15.5. The normalized spacial score (nSPS) is 11.7. The first-order chi connectivity index (χ1) is 12.7. The minimum absolute atomic E-state index is 0.238. The molecule has 7 heteroatoms. The van der Waals surface area contributed by atoms with E-state index in [0.717, 1.165) is 32.6 Å². The van der Waals surface area contributed by atoms with Gasteiger partial charge in [0.1, 0.15) is 0 Å². The number of hydrogen-bond acceptors (Lipinski definition) is 3. The Labute approximate surface area is 168 Å². The third-order valence-corrected chi connectivity index (χ3v) is 6.62. The van der Waals surface area contributed by atoms with Crippen molar-refractivity contribution in [1.29, 1.82) is 0 Å². The molecule has 0 saturated carbocycles. The maximum absolute atomic E-state index is 12.6. The number of halogens is 1. The fraction of sp³-hybridized carbons (Fsp3) is 0.250. The molecule has 27 heavy (non-hydrogen) atoms. The third kappa shape index (κ3) is 4.86. The molecule has 5 nitrogen and oxygen atoms in total. The van der Waals surface area contributed by atoms with Gasteiger partial charge in [0.15, 0.2) is 0 Å². The number of rotatable bonds is 6. The standard InChI is InChI=1S/C20H22BrN3O2S/c1-14-9-19(7-8-20(14)21)27(25,26)22-12-17-5-4-6-18(11-17)13-24-16(3)10-15(2)23-24/h4-11,22H,12-13H2,1-3H3. The average molecular weight is 448 g/mol. The first-order valence-corrected chi connectivity index (χ1v) is 10.9. The molecule has 0 radical (unpaired) electrons. The number of hydrogen-bond donors (Lipinski definition) is 1. The molecule has 1 aromatic heterocycles. The van der Waals surface area contributed by atoms with Crippen molar-refractivity contribution in [1.82, 2.24) is 14.5 Å². The van der Waals surface area contributed by atoms with Gasteiger partial charge in [-0.15, -0.1) is 0 Å². The van der Waals surface area contributed by atoms with E-state index in [4.69, 9.17) is 0 Å². The van der Waals surface area contributed by atoms with Crippen LogP contribution < -0.4 is 4.72 Å². The van der Waals surface area contributed by atoms with Gasteiger partial charge in [0.2, 0.25) is 10.0 Å². The van der Waals surface area contributed by atoms with Gasteiger partial charge in [0.05, 0.1) is 17.1 Å². The molecular weight excluding hydrogens is 426 g/mol. The molecule has 142 valence electrons. The van der Waals surface area contributed by atoms with Crippen LogP contribution in [0.1, 0.15) is 28.1 Å². The van der Waals surface area contributed by atoms with E-state index in [2.05, 4.69) is 25.8 Å². The second kappa shape index (κ2) is 7.96. The summed E-state index contributed by atoms with van der Waals surface area (Å²) in [5.41, 5.74) is 4.96. The van der Waals surface area contributed by atoms with E-state index in [0.29, 0.717) is 6.54 Å². The van der Waals surface area contributed by atoms with E-state index in [9.17, 15) is 8.42 Å². The number of sulfonamides is 1. The van der Waals surface area contributed by atoms with Gasteiger partial charge >= 0.3 is 0 Å². The zero-order valence-corrected chi connectivity index (χ0v) is 17.9. The molecule has 3 aromatic rings. The Kier molecular flexibility index (Phi) is 5.83. The van der Waals surface area contributed by atoms with Crippen molar-refractivity contribution in [3.63, 3.8) is 0 Å². The predicted octanol–water partition coefficient (Wildman–Crippen LogP) is 4.10. The van der Waals surface area contributed by atoms with E-state index in [1.807, 2.05) is 55.8 Å². The van der Waals surface area contributed by atoms with Crippen LogP contribution in [0.5, 0.6) is 0 Å². The van der Waals surface area contributed by atoms with Crippen molar-refractivity contribution in [2.45, 2.75) is 38.8 Å². The van der Waals surface area contributed by atoms with Crippen LogP contribution in [0.3, 0.4) is 0 Å². The number of nitrogens with one attached hydrogen (secondary N) is 1. The third-order valence-electron chi connectivity index (χ3n) is 4.33. The quantitative estimate of drug-likeness (QED) is 0.618. The molecule has 0 aliphatic rings. The molecule has 1 N–H and O–H groups in total. The highest BCUT2D eigenvalue weighted by atomic mass is 79.9. The lowest BCUT2D eigenvalue weighted by atomic mass is 10.1. The second-order valence-electron chi connectivity index (χ2n) is 6.64. The van der Waals surface area contributed by atoms with Gasteiger partial charge in [0, 0.05) is 16.7 Å². The molecule has 0 atom stereocenters. The molecule has 0 amide bonds. The van der Waals surface area contributed by atoms with Crippen LogP contribution in [-0.4, -0.2) is 18.2 Å². The van der Waals surface area contributed by atoms with Gasteiger partial charge in [-0.25, -0.2) is 13.1 Å². The number of benzene rings is 2. The highest BCUT2D eigenvalue weighted by molar-refractivity contribution is 9.10. The Morgan fingerprint density at radius 2 is 1.78 bits per heavy atom. The molecule has 1 heterocycles. The van der Waals surface area contributed by atoms with Gasteiger partial charge < -0.3 is 0 Å². The lowest BCUT2D eigenvalue weighted by Crippen LogP contribution is -2.23. The summed E-state index contributed by atoms with van der Waals surface area (Å²) in [6, 6.07) is 14.9. The number of nitrogens with zero attached hydrogens (tertiary/aromatic N) is 2. The summed E-state index contributed by atoms with van der Waals surface area (Å²) in [6.45, 7) is 6.76. The van der Waals surface area contributed by atoms with Gasteiger partial charge in [-0.05, 0) is 61.7 Å². The monoisotopic (exact) mass is 447 g/mol. The summed E-state index contributed by atoms with van der Waals surface area (Å²) in [4.78, 5) is 0.266. The van der Waals surface area contributed by atoms with Crippen LogP contribution in [0, 0.1) is 20.8 Å². The van der Waals surface area contributed by atoms with Gasteiger partial charge in [0.25, 0.3) is 0 Å². The molecule has 2 aromatic carbocycles. The summed E-state index contributed by atoms with van der Waals surface area (Å²) in [7, 11) is -3.56. The molecule has 3 rings (SSSR count). The van der Waals surface area contributed by atoms with Crippen LogP contribution in [0.15, 0.2) is 57.9 Å². The zero-order chi connectivity index (χ0) is 19.6. The molecular formula is C20H22BrN3O2S. The fourth-order valence-corrected chi connectivity index (χ4v) is 4.24. The van der Waals surface area contributed by atoms with E-state index in [-0.39, 0.29) is 11.4 Å². The Morgan fingerprint density at radius 3 is 2.44 bits per heavy atom. The topological polar surface area (TPSA) is 64.0 Å². The second-order valence-corrected chi connectivity index (χ2v) is 9.26. The van der Waals surface area contributed by atoms with Crippen LogP contribution in [-0.2, 0) is 23.1 Å². The minimum atomic E-state index is -3.56. The molecule has 0 saturated heterocycles. The molecule has 0 aliphatic carbocycles. The van der Waals surface area contributed by atoms with E-state index < -0.39 is 10.0 Å². The van der Waals surface area contributed by atoms with Crippen molar-refractivity contribution in [3.05, 3.63) is 81.1 Å². The van der Waals surface area contributed by atoms with E-state index in [1.54, 1.807) is 18.2 Å². The summed E-state index contributed by atoms with van der Waals surface area (Å²) in [5, 5.41) is 4.48. The van der Waals surface area contributed by atoms with Crippen LogP contribution in [0.25, 0.3) is 0 Å². The highest BCUT2D eigenvalue weighted by Gasteiger charge is 2.14. The number of aryl methyl sites for hydroxylation is 3. The Hall–Kier alpha value is -1.96. The highest BCUT2D eigenvalue weighted by Crippen LogP contribution is 2.20. The van der Waals surface area contributed by atoms with Crippen LogP contribution in [0.2, 0.25) is 0 Å². The van der Waals surface area contributed by atoms with Gasteiger partial charge in [-0.2, -0.15) is 5.10 Å². The summed E-state index contributed by atoms with van der Waals surface area (Å²) >= 11 is 3.39. The van der Waals surface area contributed by atoms with E-state index >= 15 is 0 Å². The molecule has 0 aliphatic heterocycles. The smallest absolute Gasteiger partial charge is 0.240 e.